The Labute approximate surface area is 105 Å². The van der Waals surface area contributed by atoms with Crippen LogP contribution in [0.15, 0.2) is 18.3 Å². The quantitative estimate of drug-likeness (QED) is 0.854. The minimum atomic E-state index is -0.120. The highest BCUT2D eigenvalue weighted by molar-refractivity contribution is 8.00. The molecule has 92 valence electrons. The number of nitrogen functional groups attached to an aromatic ring is 1. The summed E-state index contributed by atoms with van der Waals surface area (Å²) in [5.41, 5.74) is 6.52. The Morgan fingerprint density at radius 2 is 2.35 bits per heavy atom. The van der Waals surface area contributed by atoms with Crippen molar-refractivity contribution in [2.75, 3.05) is 18.5 Å². The fourth-order valence-corrected chi connectivity index (χ4v) is 2.81. The average molecular weight is 251 g/mol. The Hall–Kier alpha value is -1.23. The van der Waals surface area contributed by atoms with Gasteiger partial charge in [0.25, 0.3) is 5.91 Å². The smallest absolute Gasteiger partial charge is 0.269 e. The molecular formula is C12H17N3OS. The summed E-state index contributed by atoms with van der Waals surface area (Å²) in [6.45, 7) is 0.721. The van der Waals surface area contributed by atoms with Crippen LogP contribution in [-0.4, -0.2) is 28.4 Å². The van der Waals surface area contributed by atoms with Gasteiger partial charge in [0.1, 0.15) is 5.69 Å². The first-order chi connectivity index (χ1) is 8.15. The number of hydrogen-bond donors (Lipinski definition) is 2. The Morgan fingerprint density at radius 3 is 2.82 bits per heavy atom. The third-order valence-electron chi connectivity index (χ3n) is 3.29. The fourth-order valence-electron chi connectivity index (χ4n) is 1.90. The number of amides is 1. The molecule has 0 saturated heterocycles. The molecule has 1 aliphatic carbocycles. The number of carbonyl (C=O) groups excluding carboxylic acids is 1. The highest BCUT2D eigenvalue weighted by Gasteiger charge is 2.36. The van der Waals surface area contributed by atoms with Crippen LogP contribution in [-0.2, 0) is 0 Å². The summed E-state index contributed by atoms with van der Waals surface area (Å²) in [5.74, 6) is -0.120. The van der Waals surface area contributed by atoms with E-state index in [4.69, 9.17) is 5.73 Å². The lowest BCUT2D eigenvalue weighted by molar-refractivity contribution is 0.0939. The topological polar surface area (TPSA) is 68.0 Å². The molecule has 1 heterocycles. The van der Waals surface area contributed by atoms with E-state index in [1.54, 1.807) is 12.1 Å². The molecule has 1 aromatic rings. The second-order valence-corrected chi connectivity index (χ2v) is 5.67. The zero-order chi connectivity index (χ0) is 12.3. The number of carbonyl (C=O) groups is 1. The van der Waals surface area contributed by atoms with Crippen molar-refractivity contribution in [3.8, 4) is 0 Å². The lowest BCUT2D eigenvalue weighted by Gasteiger charge is -2.40. The SMILES string of the molecule is CSC1(CNC(=O)c2ccc(N)cn2)CCC1. The summed E-state index contributed by atoms with van der Waals surface area (Å²) in [4.78, 5) is 15.8. The molecule has 17 heavy (non-hydrogen) atoms. The van der Waals surface area contributed by atoms with Crippen LogP contribution in [0.5, 0.6) is 0 Å². The number of hydrogen-bond acceptors (Lipinski definition) is 4. The van der Waals surface area contributed by atoms with Gasteiger partial charge in [-0.1, -0.05) is 6.42 Å². The summed E-state index contributed by atoms with van der Waals surface area (Å²) in [6, 6.07) is 3.34. The van der Waals surface area contributed by atoms with Crippen LogP contribution in [0.25, 0.3) is 0 Å². The monoisotopic (exact) mass is 251 g/mol. The van der Waals surface area contributed by atoms with Crippen molar-refractivity contribution in [2.45, 2.75) is 24.0 Å². The standard InChI is InChI=1S/C12H17N3OS/c1-17-12(5-2-6-12)8-15-11(16)10-4-3-9(13)7-14-10/h3-4,7H,2,5-6,8,13H2,1H3,(H,15,16). The van der Waals surface area contributed by atoms with Crippen molar-refractivity contribution >= 4 is 23.4 Å². The maximum atomic E-state index is 11.8. The molecule has 0 unspecified atom stereocenters. The molecule has 0 aromatic carbocycles. The maximum Gasteiger partial charge on any atom is 0.269 e. The van der Waals surface area contributed by atoms with Gasteiger partial charge in [-0.15, -0.1) is 0 Å². The van der Waals surface area contributed by atoms with Gasteiger partial charge in [0.15, 0.2) is 0 Å². The zero-order valence-electron chi connectivity index (χ0n) is 9.90. The van der Waals surface area contributed by atoms with Gasteiger partial charge in [-0.25, -0.2) is 4.98 Å². The number of aromatic nitrogens is 1. The summed E-state index contributed by atoms with van der Waals surface area (Å²) in [6.07, 6.45) is 7.24. The lowest BCUT2D eigenvalue weighted by atomic mass is 9.84. The highest BCUT2D eigenvalue weighted by Crippen LogP contribution is 2.42. The second kappa shape index (κ2) is 4.96. The molecular weight excluding hydrogens is 234 g/mol. The van der Waals surface area contributed by atoms with Crippen molar-refractivity contribution < 1.29 is 4.79 Å². The Balaban J connectivity index is 1.91. The number of rotatable bonds is 4. The number of anilines is 1. The lowest BCUT2D eigenvalue weighted by Crippen LogP contribution is -2.45. The van der Waals surface area contributed by atoms with Gasteiger partial charge in [0.2, 0.25) is 0 Å². The number of nitrogens with zero attached hydrogens (tertiary/aromatic N) is 1. The maximum absolute atomic E-state index is 11.8. The largest absolute Gasteiger partial charge is 0.397 e. The van der Waals surface area contributed by atoms with Gasteiger partial charge in [0.05, 0.1) is 11.9 Å². The molecule has 0 aliphatic heterocycles. The Bertz CT molecular complexity index is 395. The van der Waals surface area contributed by atoms with Crippen LogP contribution in [0, 0.1) is 0 Å². The molecule has 1 amide bonds. The van der Waals surface area contributed by atoms with E-state index in [1.165, 1.54) is 25.5 Å². The summed E-state index contributed by atoms with van der Waals surface area (Å²) in [7, 11) is 0. The summed E-state index contributed by atoms with van der Waals surface area (Å²) in [5, 5.41) is 2.95. The summed E-state index contributed by atoms with van der Waals surface area (Å²) >= 11 is 1.84. The van der Waals surface area contributed by atoms with Gasteiger partial charge < -0.3 is 11.1 Å². The van der Waals surface area contributed by atoms with E-state index in [9.17, 15) is 4.79 Å². The van der Waals surface area contributed by atoms with E-state index in [1.807, 2.05) is 11.8 Å². The van der Waals surface area contributed by atoms with Crippen molar-refractivity contribution in [1.82, 2.24) is 10.3 Å². The minimum Gasteiger partial charge on any atom is -0.397 e. The first-order valence-corrected chi connectivity index (χ1v) is 6.93. The van der Waals surface area contributed by atoms with Crippen LogP contribution >= 0.6 is 11.8 Å². The van der Waals surface area contributed by atoms with E-state index in [0.29, 0.717) is 11.4 Å². The zero-order valence-corrected chi connectivity index (χ0v) is 10.7. The normalized spacial score (nSPS) is 17.2. The molecule has 2 rings (SSSR count). The second-order valence-electron chi connectivity index (χ2n) is 4.40. The summed E-state index contributed by atoms with van der Waals surface area (Å²) < 4.78 is 0.253. The van der Waals surface area contributed by atoms with Gasteiger partial charge in [-0.3, -0.25) is 4.79 Å². The first-order valence-electron chi connectivity index (χ1n) is 5.70. The van der Waals surface area contributed by atoms with E-state index >= 15 is 0 Å². The van der Waals surface area contributed by atoms with Crippen molar-refractivity contribution in [2.24, 2.45) is 0 Å². The predicted octanol–water partition coefficient (Wildman–Crippen LogP) is 1.68. The van der Waals surface area contributed by atoms with Gasteiger partial charge in [0, 0.05) is 11.3 Å². The molecule has 0 radical (unpaired) electrons. The average Bonchev–Trinajstić information content (AvgIpc) is 2.29. The molecule has 4 nitrogen and oxygen atoms in total. The minimum absolute atomic E-state index is 0.120. The van der Waals surface area contributed by atoms with Gasteiger partial charge in [-0.05, 0) is 31.2 Å². The van der Waals surface area contributed by atoms with Crippen LogP contribution in [0.4, 0.5) is 5.69 Å². The molecule has 0 bridgehead atoms. The fraction of sp³-hybridized carbons (Fsp3) is 0.500. The van der Waals surface area contributed by atoms with Crippen LogP contribution < -0.4 is 11.1 Å². The Kier molecular flexibility index (Phi) is 3.57. The van der Waals surface area contributed by atoms with Crippen LogP contribution in [0.3, 0.4) is 0 Å². The third-order valence-corrected chi connectivity index (χ3v) is 4.71. The van der Waals surface area contributed by atoms with E-state index in [-0.39, 0.29) is 10.7 Å². The Morgan fingerprint density at radius 1 is 1.59 bits per heavy atom. The first kappa shape index (κ1) is 12.2. The third kappa shape index (κ3) is 2.72. The van der Waals surface area contributed by atoms with E-state index in [0.717, 1.165) is 6.54 Å². The number of thioether (sulfide) groups is 1. The molecule has 1 aliphatic rings. The molecule has 3 N–H and O–H groups in total. The van der Waals surface area contributed by atoms with Crippen molar-refractivity contribution in [1.29, 1.82) is 0 Å². The van der Waals surface area contributed by atoms with Crippen LogP contribution in [0.2, 0.25) is 0 Å². The van der Waals surface area contributed by atoms with E-state index < -0.39 is 0 Å². The number of nitrogens with one attached hydrogen (secondary N) is 1. The highest BCUT2D eigenvalue weighted by atomic mass is 32.2. The van der Waals surface area contributed by atoms with Gasteiger partial charge in [-0.2, -0.15) is 11.8 Å². The van der Waals surface area contributed by atoms with Crippen molar-refractivity contribution in [3.63, 3.8) is 0 Å². The van der Waals surface area contributed by atoms with E-state index in [2.05, 4.69) is 16.6 Å². The molecule has 1 saturated carbocycles. The predicted molar refractivity (Wildman–Crippen MR) is 71.1 cm³/mol. The molecule has 1 fully saturated rings. The molecule has 0 spiro atoms. The molecule has 1 aromatic heterocycles. The molecule has 5 heteroatoms. The number of pyridine rings is 1. The molecule has 0 atom stereocenters. The van der Waals surface area contributed by atoms with Crippen molar-refractivity contribution in [3.05, 3.63) is 24.0 Å². The van der Waals surface area contributed by atoms with Gasteiger partial charge >= 0.3 is 0 Å². The van der Waals surface area contributed by atoms with Crippen LogP contribution in [0.1, 0.15) is 29.8 Å². The number of nitrogens with two attached hydrogens (primary N) is 1.